The number of nitrogens with one attached hydrogen (secondary N) is 1. The van der Waals surface area contributed by atoms with Crippen LogP contribution >= 0.6 is 11.8 Å². The van der Waals surface area contributed by atoms with Crippen LogP contribution in [0.3, 0.4) is 0 Å². The van der Waals surface area contributed by atoms with Crippen molar-refractivity contribution < 1.29 is 4.74 Å². The van der Waals surface area contributed by atoms with E-state index in [4.69, 9.17) is 10.5 Å². The van der Waals surface area contributed by atoms with E-state index in [0.29, 0.717) is 15.9 Å². The Morgan fingerprint density at radius 1 is 1.53 bits per heavy atom. The van der Waals surface area contributed by atoms with Crippen LogP contribution < -0.4 is 16.2 Å². The molecule has 0 aromatic carbocycles. The lowest BCUT2D eigenvalue weighted by molar-refractivity contribution is 0.401. The molecule has 0 spiro atoms. The van der Waals surface area contributed by atoms with Gasteiger partial charge in [-0.25, -0.2) is 19.9 Å². The maximum absolute atomic E-state index is 11.2. The topological polar surface area (TPSA) is 112 Å². The van der Waals surface area contributed by atoms with Crippen LogP contribution in [0.1, 0.15) is 0 Å². The Bertz CT molecular complexity index is 592. The summed E-state index contributed by atoms with van der Waals surface area (Å²) in [5.74, 6) is 0.610. The molecule has 2 aromatic rings. The van der Waals surface area contributed by atoms with Gasteiger partial charge in [0.05, 0.1) is 7.11 Å². The van der Waals surface area contributed by atoms with Crippen molar-refractivity contribution in [2.45, 2.75) is 10.2 Å². The molecule has 0 saturated carbocycles. The van der Waals surface area contributed by atoms with E-state index in [2.05, 4.69) is 20.2 Å². The van der Waals surface area contributed by atoms with E-state index in [9.17, 15) is 4.79 Å². The predicted octanol–water partition coefficient (Wildman–Crippen LogP) is -0.360. The molecule has 2 heterocycles. The Morgan fingerprint density at radius 2 is 2.29 bits per heavy atom. The molecule has 90 valence electrons. The molecule has 0 radical (unpaired) electrons. The monoisotopic (exact) mass is 254 g/mol. The van der Waals surface area contributed by atoms with Crippen molar-refractivity contribution in [3.63, 3.8) is 0 Å². The van der Waals surface area contributed by atoms with Gasteiger partial charge in [0.25, 0.3) is 0 Å². The van der Waals surface area contributed by atoms with Crippen LogP contribution in [0.15, 0.2) is 21.3 Å². The lowest BCUT2D eigenvalue weighted by Crippen LogP contribution is -2.12. The number of nitrogens with zero attached hydrogens (tertiary/aromatic N) is 4. The second-order valence-corrected chi connectivity index (χ2v) is 4.03. The minimum Gasteiger partial charge on any atom is -0.490 e. The van der Waals surface area contributed by atoms with E-state index in [1.165, 1.54) is 18.0 Å². The first-order valence-electron chi connectivity index (χ1n) is 4.57. The van der Waals surface area contributed by atoms with E-state index < -0.39 is 0 Å². The summed E-state index contributed by atoms with van der Waals surface area (Å²) in [6, 6.07) is 0. The third-order valence-corrected chi connectivity index (χ3v) is 3.06. The van der Waals surface area contributed by atoms with Gasteiger partial charge < -0.3 is 10.5 Å². The van der Waals surface area contributed by atoms with Gasteiger partial charge in [0, 0.05) is 7.05 Å². The number of aromatic amines is 1. The second-order valence-electron chi connectivity index (χ2n) is 3.07. The minimum absolute atomic E-state index is 0.241. The molecule has 0 amide bonds. The third-order valence-electron chi connectivity index (χ3n) is 2.03. The highest BCUT2D eigenvalue weighted by Gasteiger charge is 2.14. The van der Waals surface area contributed by atoms with Crippen molar-refractivity contribution >= 4 is 17.6 Å². The van der Waals surface area contributed by atoms with Gasteiger partial charge in [0.15, 0.2) is 21.7 Å². The average molecular weight is 254 g/mol. The molecule has 0 atom stereocenters. The van der Waals surface area contributed by atoms with E-state index in [1.54, 1.807) is 7.05 Å². The summed E-state index contributed by atoms with van der Waals surface area (Å²) >= 11 is 1.16. The molecule has 9 heteroatoms. The largest absolute Gasteiger partial charge is 0.490 e. The number of aromatic nitrogens is 5. The first kappa shape index (κ1) is 11.5. The third kappa shape index (κ3) is 2.09. The minimum atomic E-state index is -0.298. The van der Waals surface area contributed by atoms with Crippen molar-refractivity contribution in [2.75, 3.05) is 12.8 Å². The molecule has 17 heavy (non-hydrogen) atoms. The Balaban J connectivity index is 2.39. The van der Waals surface area contributed by atoms with Gasteiger partial charge in [-0.15, -0.1) is 5.10 Å². The number of anilines is 1. The smallest absolute Gasteiger partial charge is 0.343 e. The van der Waals surface area contributed by atoms with E-state index in [0.717, 1.165) is 11.8 Å². The van der Waals surface area contributed by atoms with Gasteiger partial charge >= 0.3 is 5.69 Å². The number of rotatable bonds is 3. The molecule has 3 N–H and O–H groups in total. The van der Waals surface area contributed by atoms with Crippen LogP contribution in [0.4, 0.5) is 5.82 Å². The Hall–Kier alpha value is -2.03. The normalized spacial score (nSPS) is 10.5. The summed E-state index contributed by atoms with van der Waals surface area (Å²) in [6.07, 6.45) is 1.32. The summed E-state index contributed by atoms with van der Waals surface area (Å²) in [6.45, 7) is 0. The molecule has 0 aliphatic carbocycles. The molecule has 2 rings (SSSR count). The highest BCUT2D eigenvalue weighted by Crippen LogP contribution is 2.33. The van der Waals surface area contributed by atoms with Crippen LogP contribution in [0, 0.1) is 0 Å². The number of ether oxygens (including phenoxy) is 1. The molecule has 0 aliphatic rings. The van der Waals surface area contributed by atoms with E-state index in [-0.39, 0.29) is 11.5 Å². The first-order chi connectivity index (χ1) is 8.13. The molecular weight excluding hydrogens is 244 g/mol. The van der Waals surface area contributed by atoms with Gasteiger partial charge in [-0.3, -0.25) is 4.57 Å². The summed E-state index contributed by atoms with van der Waals surface area (Å²) in [7, 11) is 3.08. The van der Waals surface area contributed by atoms with Gasteiger partial charge in [0.1, 0.15) is 6.33 Å². The van der Waals surface area contributed by atoms with Crippen LogP contribution in [0.25, 0.3) is 0 Å². The average Bonchev–Trinajstić information content (AvgIpc) is 2.61. The Morgan fingerprint density at radius 3 is 2.88 bits per heavy atom. The predicted molar refractivity (Wildman–Crippen MR) is 60.9 cm³/mol. The molecule has 8 nitrogen and oxygen atoms in total. The molecular formula is C8H10N6O2S. The number of H-pyrrole nitrogens is 1. The van der Waals surface area contributed by atoms with Crippen molar-refractivity contribution in [1.82, 2.24) is 24.7 Å². The maximum Gasteiger partial charge on any atom is 0.343 e. The van der Waals surface area contributed by atoms with E-state index in [1.807, 2.05) is 0 Å². The summed E-state index contributed by atoms with van der Waals surface area (Å²) in [5.41, 5.74) is 5.34. The van der Waals surface area contributed by atoms with Gasteiger partial charge in [-0.1, -0.05) is 0 Å². The maximum atomic E-state index is 11.2. The van der Waals surface area contributed by atoms with Crippen LogP contribution in [0.2, 0.25) is 0 Å². The lowest BCUT2D eigenvalue weighted by atomic mass is 10.5. The van der Waals surface area contributed by atoms with Crippen LogP contribution in [0.5, 0.6) is 5.75 Å². The Labute approximate surface area is 100 Å². The lowest BCUT2D eigenvalue weighted by Gasteiger charge is -2.07. The molecule has 0 unspecified atom stereocenters. The molecule has 0 bridgehead atoms. The molecule has 0 aliphatic heterocycles. The number of nitrogens with two attached hydrogens (primary N) is 1. The van der Waals surface area contributed by atoms with Crippen molar-refractivity contribution in [3.8, 4) is 5.75 Å². The zero-order valence-electron chi connectivity index (χ0n) is 9.17. The van der Waals surface area contributed by atoms with Gasteiger partial charge in [-0.05, 0) is 11.8 Å². The highest BCUT2D eigenvalue weighted by atomic mass is 32.2. The Kier molecular flexibility index (Phi) is 3.00. The van der Waals surface area contributed by atoms with Crippen LogP contribution in [-0.2, 0) is 7.05 Å². The molecule has 2 aromatic heterocycles. The fraction of sp³-hybridized carbons (Fsp3) is 0.250. The molecule has 0 saturated heterocycles. The van der Waals surface area contributed by atoms with E-state index >= 15 is 0 Å². The van der Waals surface area contributed by atoms with Crippen molar-refractivity contribution in [1.29, 1.82) is 0 Å². The summed E-state index contributed by atoms with van der Waals surface area (Å²) < 4.78 is 6.46. The zero-order chi connectivity index (χ0) is 12.4. The first-order valence-corrected chi connectivity index (χ1v) is 5.39. The number of nitrogen functional groups attached to an aromatic ring is 1. The summed E-state index contributed by atoms with van der Waals surface area (Å²) in [4.78, 5) is 19.0. The number of hydrogen-bond donors (Lipinski definition) is 2. The second kappa shape index (κ2) is 4.45. The standard InChI is InChI=1S/C8H10N6O2S/c1-14-7(15)12-13-8(14)17-6-4(16-2)5(9)10-3-11-6/h3H,1-2H3,(H,12,15)(H2,9,10,11). The zero-order valence-corrected chi connectivity index (χ0v) is 9.98. The SMILES string of the molecule is COc1c(N)ncnc1Sc1n[nH]c(=O)n1C. The van der Waals surface area contributed by atoms with Gasteiger partial charge in [0.2, 0.25) is 0 Å². The van der Waals surface area contributed by atoms with Crippen molar-refractivity contribution in [3.05, 3.63) is 16.8 Å². The highest BCUT2D eigenvalue weighted by molar-refractivity contribution is 7.99. The number of methoxy groups -OCH3 is 1. The number of hydrogen-bond acceptors (Lipinski definition) is 7. The fourth-order valence-corrected chi connectivity index (χ4v) is 2.01. The molecule has 0 fully saturated rings. The van der Waals surface area contributed by atoms with Crippen LogP contribution in [-0.4, -0.2) is 31.8 Å². The summed E-state index contributed by atoms with van der Waals surface area (Å²) in [5, 5.41) is 7.14. The van der Waals surface area contributed by atoms with Crippen molar-refractivity contribution in [2.24, 2.45) is 7.05 Å². The van der Waals surface area contributed by atoms with Gasteiger partial charge in [-0.2, -0.15) is 0 Å². The quantitative estimate of drug-likeness (QED) is 0.719. The fourth-order valence-electron chi connectivity index (χ4n) is 1.15.